The summed E-state index contributed by atoms with van der Waals surface area (Å²) >= 11 is 3.42. The van der Waals surface area contributed by atoms with E-state index < -0.39 is 0 Å². The molecule has 1 amide bonds. The van der Waals surface area contributed by atoms with Crippen LogP contribution in [-0.2, 0) is 6.42 Å². The topological polar surface area (TPSA) is 65.8 Å². The van der Waals surface area contributed by atoms with Crippen LogP contribution in [-0.4, -0.2) is 10.9 Å². The Labute approximate surface area is 125 Å². The molecule has 2 aromatic rings. The molecule has 0 aliphatic rings. The van der Waals surface area contributed by atoms with Gasteiger partial charge >= 0.3 is 0 Å². The SMILES string of the molecule is Cc1cc(NC(=O)c2ccnc(CC#N)c2)ccc1Br. The lowest BCUT2D eigenvalue weighted by Crippen LogP contribution is -2.12. The highest BCUT2D eigenvalue weighted by Crippen LogP contribution is 2.20. The van der Waals surface area contributed by atoms with Crippen LogP contribution >= 0.6 is 15.9 Å². The summed E-state index contributed by atoms with van der Waals surface area (Å²) in [6, 6.07) is 10.9. The number of anilines is 1. The lowest BCUT2D eigenvalue weighted by Gasteiger charge is -2.07. The van der Waals surface area contributed by atoms with Gasteiger partial charge in [-0.3, -0.25) is 9.78 Å². The molecule has 0 atom stereocenters. The highest BCUT2D eigenvalue weighted by molar-refractivity contribution is 9.10. The van der Waals surface area contributed by atoms with Crippen molar-refractivity contribution in [2.24, 2.45) is 0 Å². The quantitative estimate of drug-likeness (QED) is 0.937. The van der Waals surface area contributed by atoms with Gasteiger partial charge in [-0.2, -0.15) is 5.26 Å². The van der Waals surface area contributed by atoms with E-state index in [9.17, 15) is 4.79 Å². The van der Waals surface area contributed by atoms with Gasteiger partial charge in [0.15, 0.2) is 0 Å². The third kappa shape index (κ3) is 3.43. The van der Waals surface area contributed by atoms with Crippen LogP contribution in [0.1, 0.15) is 21.6 Å². The molecule has 0 unspecified atom stereocenters. The van der Waals surface area contributed by atoms with Crippen LogP contribution in [0, 0.1) is 18.3 Å². The predicted molar refractivity (Wildman–Crippen MR) is 80.4 cm³/mol. The molecule has 0 radical (unpaired) electrons. The predicted octanol–water partition coefficient (Wildman–Crippen LogP) is 3.47. The number of nitrogens with zero attached hydrogens (tertiary/aromatic N) is 2. The standard InChI is InChI=1S/C15H12BrN3O/c1-10-8-13(2-3-14(10)16)19-15(20)11-5-7-18-12(9-11)4-6-17/h2-3,5,7-9H,4H2,1H3,(H,19,20). The average Bonchev–Trinajstić information content (AvgIpc) is 2.43. The minimum Gasteiger partial charge on any atom is -0.322 e. The van der Waals surface area contributed by atoms with Crippen molar-refractivity contribution in [2.45, 2.75) is 13.3 Å². The van der Waals surface area contributed by atoms with Gasteiger partial charge in [-0.1, -0.05) is 15.9 Å². The van der Waals surface area contributed by atoms with Crippen molar-refractivity contribution in [3.8, 4) is 6.07 Å². The van der Waals surface area contributed by atoms with Crippen molar-refractivity contribution in [3.05, 3.63) is 57.8 Å². The van der Waals surface area contributed by atoms with Gasteiger partial charge in [0.05, 0.1) is 18.2 Å². The van der Waals surface area contributed by atoms with Crippen molar-refractivity contribution >= 4 is 27.5 Å². The van der Waals surface area contributed by atoms with E-state index in [1.165, 1.54) is 6.20 Å². The molecule has 0 fully saturated rings. The first-order valence-electron chi connectivity index (χ1n) is 5.99. The molecule has 0 aliphatic heterocycles. The van der Waals surface area contributed by atoms with Crippen LogP contribution in [0.15, 0.2) is 41.0 Å². The zero-order valence-corrected chi connectivity index (χ0v) is 12.4. The fourth-order valence-corrected chi connectivity index (χ4v) is 1.97. The zero-order chi connectivity index (χ0) is 14.5. The Balaban J connectivity index is 2.17. The maximum atomic E-state index is 12.1. The molecule has 0 bridgehead atoms. The van der Waals surface area contributed by atoms with Gasteiger partial charge in [-0.05, 0) is 42.8 Å². The third-order valence-corrected chi connectivity index (χ3v) is 3.64. The number of rotatable bonds is 3. The number of pyridine rings is 1. The Morgan fingerprint density at radius 3 is 2.90 bits per heavy atom. The Hall–Kier alpha value is -2.19. The number of aromatic nitrogens is 1. The minimum atomic E-state index is -0.215. The molecule has 0 saturated carbocycles. The average molecular weight is 330 g/mol. The van der Waals surface area contributed by atoms with E-state index >= 15 is 0 Å². The number of benzene rings is 1. The van der Waals surface area contributed by atoms with Crippen LogP contribution in [0.4, 0.5) is 5.69 Å². The van der Waals surface area contributed by atoms with Gasteiger partial charge in [0, 0.05) is 21.9 Å². The molecule has 1 aromatic carbocycles. The summed E-state index contributed by atoms with van der Waals surface area (Å²) in [7, 11) is 0. The molecule has 1 aromatic heterocycles. The molecular weight excluding hydrogens is 318 g/mol. The van der Waals surface area contributed by atoms with E-state index in [1.807, 2.05) is 31.2 Å². The second-order valence-electron chi connectivity index (χ2n) is 4.29. The van der Waals surface area contributed by atoms with Crippen molar-refractivity contribution < 1.29 is 4.79 Å². The summed E-state index contributed by atoms with van der Waals surface area (Å²) in [6.45, 7) is 1.96. The number of carbonyl (C=O) groups excluding carboxylic acids is 1. The molecule has 100 valence electrons. The van der Waals surface area contributed by atoms with Crippen LogP contribution in [0.25, 0.3) is 0 Å². The first-order valence-corrected chi connectivity index (χ1v) is 6.79. The molecule has 0 saturated heterocycles. The Morgan fingerprint density at radius 2 is 2.20 bits per heavy atom. The number of nitriles is 1. The number of hydrogen-bond acceptors (Lipinski definition) is 3. The molecule has 1 heterocycles. The number of halogens is 1. The van der Waals surface area contributed by atoms with Gasteiger partial charge in [0.1, 0.15) is 0 Å². The number of amides is 1. The van der Waals surface area contributed by atoms with Crippen molar-refractivity contribution in [2.75, 3.05) is 5.32 Å². The monoisotopic (exact) mass is 329 g/mol. The summed E-state index contributed by atoms with van der Waals surface area (Å²) in [6.07, 6.45) is 1.73. The number of hydrogen-bond donors (Lipinski definition) is 1. The first kappa shape index (κ1) is 14.2. The molecule has 20 heavy (non-hydrogen) atoms. The van der Waals surface area contributed by atoms with E-state index in [1.54, 1.807) is 12.1 Å². The summed E-state index contributed by atoms with van der Waals surface area (Å²) in [5, 5.41) is 11.5. The fraction of sp³-hybridized carbons (Fsp3) is 0.133. The second-order valence-corrected chi connectivity index (χ2v) is 5.14. The maximum Gasteiger partial charge on any atom is 0.255 e. The molecule has 0 spiro atoms. The first-order chi connectivity index (χ1) is 9.60. The number of carbonyl (C=O) groups is 1. The lowest BCUT2D eigenvalue weighted by molar-refractivity contribution is 0.102. The van der Waals surface area contributed by atoms with Gasteiger partial charge < -0.3 is 5.32 Å². The summed E-state index contributed by atoms with van der Waals surface area (Å²) in [5.74, 6) is -0.215. The van der Waals surface area contributed by atoms with Crippen LogP contribution in [0.5, 0.6) is 0 Å². The van der Waals surface area contributed by atoms with E-state index in [0.717, 1.165) is 15.7 Å². The van der Waals surface area contributed by atoms with Crippen molar-refractivity contribution in [1.29, 1.82) is 5.26 Å². The van der Waals surface area contributed by atoms with Crippen molar-refractivity contribution in [1.82, 2.24) is 4.98 Å². The summed E-state index contributed by atoms with van der Waals surface area (Å²) in [5.41, 5.74) is 2.86. The van der Waals surface area contributed by atoms with E-state index in [-0.39, 0.29) is 12.3 Å². The fourth-order valence-electron chi connectivity index (χ4n) is 1.72. The van der Waals surface area contributed by atoms with E-state index in [0.29, 0.717) is 11.3 Å². The molecule has 5 heteroatoms. The number of aryl methyl sites for hydroxylation is 1. The van der Waals surface area contributed by atoms with Crippen molar-refractivity contribution in [3.63, 3.8) is 0 Å². The largest absolute Gasteiger partial charge is 0.322 e. The van der Waals surface area contributed by atoms with Gasteiger partial charge in [0.2, 0.25) is 0 Å². The van der Waals surface area contributed by atoms with Gasteiger partial charge in [-0.15, -0.1) is 0 Å². The third-order valence-electron chi connectivity index (χ3n) is 2.75. The minimum absolute atomic E-state index is 0.193. The second kappa shape index (κ2) is 6.31. The van der Waals surface area contributed by atoms with Gasteiger partial charge in [0.25, 0.3) is 5.91 Å². The van der Waals surface area contributed by atoms with E-state index in [4.69, 9.17) is 5.26 Å². The van der Waals surface area contributed by atoms with Crippen LogP contribution < -0.4 is 5.32 Å². The Bertz CT molecular complexity index is 692. The summed E-state index contributed by atoms with van der Waals surface area (Å²) < 4.78 is 0.996. The lowest BCUT2D eigenvalue weighted by atomic mass is 10.1. The Kier molecular flexibility index (Phi) is 4.49. The highest BCUT2D eigenvalue weighted by atomic mass is 79.9. The molecule has 0 aliphatic carbocycles. The zero-order valence-electron chi connectivity index (χ0n) is 10.9. The normalized spacial score (nSPS) is 9.85. The molecular formula is C15H12BrN3O. The van der Waals surface area contributed by atoms with E-state index in [2.05, 4.69) is 26.2 Å². The maximum absolute atomic E-state index is 12.1. The molecule has 4 nitrogen and oxygen atoms in total. The molecule has 2 rings (SSSR count). The van der Waals surface area contributed by atoms with Crippen LogP contribution in [0.3, 0.4) is 0 Å². The van der Waals surface area contributed by atoms with Crippen LogP contribution in [0.2, 0.25) is 0 Å². The molecule has 1 N–H and O–H groups in total. The highest BCUT2D eigenvalue weighted by Gasteiger charge is 2.08. The number of nitrogens with one attached hydrogen (secondary N) is 1. The summed E-state index contributed by atoms with van der Waals surface area (Å²) in [4.78, 5) is 16.2. The van der Waals surface area contributed by atoms with Gasteiger partial charge in [-0.25, -0.2) is 0 Å². The smallest absolute Gasteiger partial charge is 0.255 e. The Morgan fingerprint density at radius 1 is 1.40 bits per heavy atom.